The van der Waals surface area contributed by atoms with Crippen molar-refractivity contribution in [2.75, 3.05) is 0 Å². The van der Waals surface area contributed by atoms with E-state index in [2.05, 4.69) is 27.8 Å². The van der Waals surface area contributed by atoms with Crippen LogP contribution in [0.4, 0.5) is 0 Å². The fraction of sp³-hybridized carbons (Fsp3) is 0.300. The maximum absolute atomic E-state index is 5.21. The molecule has 0 aliphatic rings. The molecule has 0 saturated heterocycles. The minimum Gasteiger partial charge on any atom is -0.447 e. The summed E-state index contributed by atoms with van der Waals surface area (Å²) in [6, 6.07) is 4.17. The summed E-state index contributed by atoms with van der Waals surface area (Å²) in [4.78, 5) is 5.36. The van der Waals surface area contributed by atoms with E-state index in [0.717, 1.165) is 24.5 Å². The fourth-order valence-corrected chi connectivity index (χ4v) is 1.88. The summed E-state index contributed by atoms with van der Waals surface area (Å²) in [5.74, 6) is 0.918. The van der Waals surface area contributed by atoms with Gasteiger partial charge in [0.25, 0.3) is 0 Å². The Kier molecular flexibility index (Phi) is 2.96. The maximum Gasteiger partial charge on any atom is 0.181 e. The van der Waals surface area contributed by atoms with Gasteiger partial charge in [-0.15, -0.1) is 11.3 Å². The number of aryl methyl sites for hydroxylation is 1. The van der Waals surface area contributed by atoms with Gasteiger partial charge in [0.15, 0.2) is 6.39 Å². The maximum atomic E-state index is 5.21. The largest absolute Gasteiger partial charge is 0.447 e. The summed E-state index contributed by atoms with van der Waals surface area (Å²) in [5, 5.41) is 5.39. The van der Waals surface area contributed by atoms with Gasteiger partial charge in [-0.1, -0.05) is 6.07 Å². The van der Waals surface area contributed by atoms with Crippen LogP contribution < -0.4 is 5.32 Å². The highest BCUT2D eigenvalue weighted by molar-refractivity contribution is 7.09. The van der Waals surface area contributed by atoms with Gasteiger partial charge in [0.1, 0.15) is 5.76 Å². The highest BCUT2D eigenvalue weighted by Crippen LogP contribution is 2.09. The Morgan fingerprint density at radius 1 is 1.50 bits per heavy atom. The van der Waals surface area contributed by atoms with Crippen molar-refractivity contribution in [3.8, 4) is 0 Å². The van der Waals surface area contributed by atoms with Crippen LogP contribution in [0.25, 0.3) is 0 Å². The summed E-state index contributed by atoms with van der Waals surface area (Å²) < 4.78 is 5.21. The van der Waals surface area contributed by atoms with E-state index in [0.29, 0.717) is 0 Å². The Balaban J connectivity index is 1.81. The second kappa shape index (κ2) is 4.39. The van der Waals surface area contributed by atoms with E-state index in [1.807, 2.05) is 6.92 Å². The highest BCUT2D eigenvalue weighted by Gasteiger charge is 2.02. The number of aromatic nitrogens is 1. The molecule has 0 fully saturated rings. The van der Waals surface area contributed by atoms with Gasteiger partial charge in [0.05, 0.1) is 12.2 Å². The van der Waals surface area contributed by atoms with Crippen LogP contribution in [-0.4, -0.2) is 4.98 Å². The van der Waals surface area contributed by atoms with E-state index in [-0.39, 0.29) is 0 Å². The van der Waals surface area contributed by atoms with Gasteiger partial charge in [-0.2, -0.15) is 0 Å². The first-order valence-corrected chi connectivity index (χ1v) is 5.36. The molecule has 0 aliphatic carbocycles. The molecule has 2 aromatic rings. The Bertz CT molecular complexity index is 380. The molecule has 0 saturated carbocycles. The van der Waals surface area contributed by atoms with Crippen LogP contribution in [0, 0.1) is 6.92 Å². The molecule has 0 amide bonds. The molecule has 2 rings (SSSR count). The molecule has 0 spiro atoms. The third kappa shape index (κ3) is 2.21. The fourth-order valence-electron chi connectivity index (χ4n) is 1.21. The zero-order valence-corrected chi connectivity index (χ0v) is 8.80. The molecule has 1 N–H and O–H groups in total. The highest BCUT2D eigenvalue weighted by atomic mass is 32.1. The van der Waals surface area contributed by atoms with Gasteiger partial charge in [-0.05, 0) is 18.4 Å². The molecule has 0 unspecified atom stereocenters. The van der Waals surface area contributed by atoms with Crippen LogP contribution >= 0.6 is 11.3 Å². The van der Waals surface area contributed by atoms with Crippen molar-refractivity contribution < 1.29 is 4.42 Å². The van der Waals surface area contributed by atoms with Gasteiger partial charge in [-0.25, -0.2) is 4.98 Å². The second-order valence-electron chi connectivity index (χ2n) is 3.04. The Labute approximate surface area is 86.8 Å². The first-order chi connectivity index (χ1) is 6.86. The minimum atomic E-state index is 0.740. The predicted molar refractivity (Wildman–Crippen MR) is 56.1 cm³/mol. The molecule has 2 aromatic heterocycles. The molecule has 3 nitrogen and oxygen atoms in total. The van der Waals surface area contributed by atoms with Crippen molar-refractivity contribution in [2.45, 2.75) is 20.0 Å². The molecular formula is C10H12N2OS. The third-order valence-electron chi connectivity index (χ3n) is 2.01. The molecule has 2 heterocycles. The van der Waals surface area contributed by atoms with E-state index in [1.165, 1.54) is 11.3 Å². The van der Waals surface area contributed by atoms with Crippen molar-refractivity contribution >= 4 is 11.3 Å². The number of rotatable bonds is 4. The van der Waals surface area contributed by atoms with Crippen LogP contribution in [0.3, 0.4) is 0 Å². The van der Waals surface area contributed by atoms with Crippen LogP contribution in [0.2, 0.25) is 0 Å². The van der Waals surface area contributed by atoms with Crippen molar-refractivity contribution in [2.24, 2.45) is 0 Å². The van der Waals surface area contributed by atoms with Gasteiger partial charge in [-0.3, -0.25) is 0 Å². The van der Waals surface area contributed by atoms with E-state index in [9.17, 15) is 0 Å². The van der Waals surface area contributed by atoms with E-state index >= 15 is 0 Å². The van der Waals surface area contributed by atoms with Gasteiger partial charge < -0.3 is 9.73 Å². The minimum absolute atomic E-state index is 0.740. The summed E-state index contributed by atoms with van der Waals surface area (Å²) in [7, 11) is 0. The molecule has 0 atom stereocenters. The van der Waals surface area contributed by atoms with Crippen molar-refractivity contribution in [1.29, 1.82) is 0 Å². The lowest BCUT2D eigenvalue weighted by atomic mass is 10.3. The number of thiophene rings is 1. The van der Waals surface area contributed by atoms with Crippen LogP contribution in [0.5, 0.6) is 0 Å². The summed E-state index contributed by atoms with van der Waals surface area (Å²) in [6.07, 6.45) is 1.48. The molecule has 0 aliphatic heterocycles. The molecule has 0 aromatic carbocycles. The quantitative estimate of drug-likeness (QED) is 0.838. The third-order valence-corrected chi connectivity index (χ3v) is 2.89. The number of nitrogens with one attached hydrogen (secondary N) is 1. The zero-order valence-electron chi connectivity index (χ0n) is 7.99. The lowest BCUT2D eigenvalue weighted by Gasteiger charge is -2.00. The second-order valence-corrected chi connectivity index (χ2v) is 4.08. The summed E-state index contributed by atoms with van der Waals surface area (Å²) >= 11 is 1.76. The van der Waals surface area contributed by atoms with E-state index < -0.39 is 0 Å². The molecule has 0 bridgehead atoms. The Hall–Kier alpha value is -1.13. The number of hydrogen-bond donors (Lipinski definition) is 1. The Morgan fingerprint density at radius 3 is 3.07 bits per heavy atom. The SMILES string of the molecule is Cc1ncoc1CNCc1cccs1. The zero-order chi connectivity index (χ0) is 9.80. The molecule has 4 heteroatoms. The van der Waals surface area contributed by atoms with Crippen molar-refractivity contribution in [3.63, 3.8) is 0 Å². The van der Waals surface area contributed by atoms with Crippen LogP contribution in [-0.2, 0) is 13.1 Å². The van der Waals surface area contributed by atoms with Crippen LogP contribution in [0.1, 0.15) is 16.3 Å². The normalized spacial score (nSPS) is 10.6. The predicted octanol–water partition coefficient (Wildman–Crippen LogP) is 2.33. The first-order valence-electron chi connectivity index (χ1n) is 4.48. The van der Waals surface area contributed by atoms with E-state index in [1.54, 1.807) is 11.3 Å². The van der Waals surface area contributed by atoms with Crippen molar-refractivity contribution in [1.82, 2.24) is 10.3 Å². The average molecular weight is 208 g/mol. The summed E-state index contributed by atoms with van der Waals surface area (Å²) in [6.45, 7) is 3.58. The molecule has 0 radical (unpaired) electrons. The van der Waals surface area contributed by atoms with E-state index in [4.69, 9.17) is 4.42 Å². The van der Waals surface area contributed by atoms with Crippen LogP contribution in [0.15, 0.2) is 28.3 Å². The number of oxazole rings is 1. The Morgan fingerprint density at radius 2 is 2.43 bits per heavy atom. The first kappa shape index (κ1) is 9.43. The standard InChI is InChI=1S/C10H12N2OS/c1-8-10(13-7-12-8)6-11-5-9-3-2-4-14-9/h2-4,7,11H,5-6H2,1H3. The van der Waals surface area contributed by atoms with Gasteiger partial charge in [0, 0.05) is 11.4 Å². The number of nitrogens with zero attached hydrogens (tertiary/aromatic N) is 1. The summed E-state index contributed by atoms with van der Waals surface area (Å²) in [5.41, 5.74) is 0.962. The molecule has 74 valence electrons. The topological polar surface area (TPSA) is 38.1 Å². The lowest BCUT2D eigenvalue weighted by Crippen LogP contribution is -2.11. The van der Waals surface area contributed by atoms with Gasteiger partial charge in [0.2, 0.25) is 0 Å². The molecular weight excluding hydrogens is 196 g/mol. The lowest BCUT2D eigenvalue weighted by molar-refractivity contribution is 0.477. The monoisotopic (exact) mass is 208 g/mol. The van der Waals surface area contributed by atoms with Crippen molar-refractivity contribution in [3.05, 3.63) is 40.2 Å². The number of hydrogen-bond acceptors (Lipinski definition) is 4. The molecule has 14 heavy (non-hydrogen) atoms. The average Bonchev–Trinajstić information content (AvgIpc) is 2.78. The smallest absolute Gasteiger partial charge is 0.181 e. The van der Waals surface area contributed by atoms with Gasteiger partial charge >= 0.3 is 0 Å².